The molecule has 0 bridgehead atoms. The first-order valence-corrected chi connectivity index (χ1v) is 6.93. The summed E-state index contributed by atoms with van der Waals surface area (Å²) in [5.74, 6) is 0.376. The van der Waals surface area contributed by atoms with Gasteiger partial charge in [-0.2, -0.15) is 0 Å². The Morgan fingerprint density at radius 2 is 2.21 bits per heavy atom. The number of hydrogen-bond acceptors (Lipinski definition) is 4. The molecular weight excluding hydrogens is 202 g/mol. The predicted molar refractivity (Wildman–Crippen MR) is 54.0 cm³/mol. The lowest BCUT2D eigenvalue weighted by Gasteiger charge is -2.14. The lowest BCUT2D eigenvalue weighted by molar-refractivity contribution is 0.190. The van der Waals surface area contributed by atoms with Crippen LogP contribution >= 0.6 is 0 Å². The van der Waals surface area contributed by atoms with Crippen LogP contribution in [0.2, 0.25) is 0 Å². The lowest BCUT2D eigenvalue weighted by Crippen LogP contribution is -2.37. The molecule has 2 rings (SSSR count). The van der Waals surface area contributed by atoms with E-state index in [-0.39, 0.29) is 5.25 Å². The van der Waals surface area contributed by atoms with E-state index < -0.39 is 9.84 Å². The highest BCUT2D eigenvalue weighted by Crippen LogP contribution is 2.19. The molecule has 0 amide bonds. The number of rotatable bonds is 3. The van der Waals surface area contributed by atoms with Gasteiger partial charge in [0.2, 0.25) is 0 Å². The third-order valence-corrected chi connectivity index (χ3v) is 5.30. The van der Waals surface area contributed by atoms with Crippen molar-refractivity contribution < 1.29 is 13.2 Å². The summed E-state index contributed by atoms with van der Waals surface area (Å²) in [5.41, 5.74) is 0. The molecule has 0 aromatic carbocycles. The molecule has 2 heterocycles. The highest BCUT2D eigenvalue weighted by Gasteiger charge is 2.31. The van der Waals surface area contributed by atoms with Crippen molar-refractivity contribution in [2.24, 2.45) is 0 Å². The van der Waals surface area contributed by atoms with Gasteiger partial charge in [-0.05, 0) is 19.3 Å². The maximum Gasteiger partial charge on any atom is 0.154 e. The van der Waals surface area contributed by atoms with Crippen molar-refractivity contribution in [3.8, 4) is 0 Å². The van der Waals surface area contributed by atoms with Crippen molar-refractivity contribution in [1.82, 2.24) is 5.32 Å². The standard InChI is InChI=1S/C9H17NO3S/c11-14(12)5-1-2-9(14)6-10-8-3-4-13-7-8/h8-10H,1-7H2. The van der Waals surface area contributed by atoms with Crippen molar-refractivity contribution >= 4 is 9.84 Å². The van der Waals surface area contributed by atoms with Crippen LogP contribution in [0, 0.1) is 0 Å². The Hall–Kier alpha value is -0.130. The van der Waals surface area contributed by atoms with Gasteiger partial charge in [0, 0.05) is 19.2 Å². The van der Waals surface area contributed by atoms with E-state index in [2.05, 4.69) is 5.32 Å². The molecule has 5 heteroatoms. The topological polar surface area (TPSA) is 55.4 Å². The zero-order chi connectivity index (χ0) is 10.0. The average molecular weight is 219 g/mol. The van der Waals surface area contributed by atoms with Crippen LogP contribution in [0.25, 0.3) is 0 Å². The highest BCUT2D eigenvalue weighted by molar-refractivity contribution is 7.92. The largest absolute Gasteiger partial charge is 0.380 e. The van der Waals surface area contributed by atoms with Gasteiger partial charge in [0.25, 0.3) is 0 Å². The molecule has 4 nitrogen and oxygen atoms in total. The van der Waals surface area contributed by atoms with Crippen LogP contribution in [-0.4, -0.2) is 45.2 Å². The Kier molecular flexibility index (Phi) is 3.09. The van der Waals surface area contributed by atoms with Crippen LogP contribution in [-0.2, 0) is 14.6 Å². The van der Waals surface area contributed by atoms with Gasteiger partial charge in [-0.25, -0.2) is 8.42 Å². The number of hydrogen-bond donors (Lipinski definition) is 1. The number of nitrogens with one attached hydrogen (secondary N) is 1. The number of ether oxygens (including phenoxy) is 1. The summed E-state index contributed by atoms with van der Waals surface area (Å²) in [6.07, 6.45) is 2.66. The maximum absolute atomic E-state index is 11.5. The van der Waals surface area contributed by atoms with Crippen molar-refractivity contribution in [2.45, 2.75) is 30.6 Å². The van der Waals surface area contributed by atoms with Crippen molar-refractivity contribution in [3.63, 3.8) is 0 Å². The molecule has 2 aliphatic rings. The van der Waals surface area contributed by atoms with Gasteiger partial charge in [0.15, 0.2) is 9.84 Å². The van der Waals surface area contributed by atoms with Crippen molar-refractivity contribution in [2.75, 3.05) is 25.5 Å². The van der Waals surface area contributed by atoms with Gasteiger partial charge >= 0.3 is 0 Å². The molecule has 0 aromatic heterocycles. The molecule has 2 atom stereocenters. The molecule has 2 aliphatic heterocycles. The number of sulfone groups is 1. The molecular formula is C9H17NO3S. The Labute approximate surface area is 84.9 Å². The van der Waals surface area contributed by atoms with Crippen molar-refractivity contribution in [3.05, 3.63) is 0 Å². The van der Waals surface area contributed by atoms with E-state index in [1.165, 1.54) is 0 Å². The Morgan fingerprint density at radius 1 is 1.36 bits per heavy atom. The average Bonchev–Trinajstić information content (AvgIpc) is 2.71. The predicted octanol–water partition coefficient (Wildman–Crippen LogP) is -0.0579. The van der Waals surface area contributed by atoms with Crippen molar-refractivity contribution in [1.29, 1.82) is 0 Å². The molecule has 1 N–H and O–H groups in total. The third kappa shape index (κ3) is 2.27. The minimum absolute atomic E-state index is 0.150. The van der Waals surface area contributed by atoms with Gasteiger partial charge in [-0.3, -0.25) is 0 Å². The van der Waals surface area contributed by atoms with Gasteiger partial charge in [-0.15, -0.1) is 0 Å². The summed E-state index contributed by atoms with van der Waals surface area (Å²) >= 11 is 0. The van der Waals surface area contributed by atoms with Gasteiger partial charge in [0.1, 0.15) is 0 Å². The minimum Gasteiger partial charge on any atom is -0.380 e. The summed E-state index contributed by atoms with van der Waals surface area (Å²) in [6.45, 7) is 2.14. The van der Waals surface area contributed by atoms with Crippen LogP contribution in [0.15, 0.2) is 0 Å². The maximum atomic E-state index is 11.5. The van der Waals surface area contributed by atoms with E-state index in [1.54, 1.807) is 0 Å². The second kappa shape index (κ2) is 4.16. The van der Waals surface area contributed by atoms with E-state index in [1.807, 2.05) is 0 Å². The first-order valence-electron chi connectivity index (χ1n) is 5.21. The van der Waals surface area contributed by atoms with E-state index in [0.717, 1.165) is 32.5 Å². The molecule has 82 valence electrons. The zero-order valence-corrected chi connectivity index (χ0v) is 9.05. The van der Waals surface area contributed by atoms with E-state index in [0.29, 0.717) is 18.3 Å². The molecule has 0 aliphatic carbocycles. The summed E-state index contributed by atoms with van der Waals surface area (Å²) < 4.78 is 28.2. The van der Waals surface area contributed by atoms with E-state index in [9.17, 15) is 8.42 Å². The quantitative estimate of drug-likeness (QED) is 0.722. The Morgan fingerprint density at radius 3 is 2.79 bits per heavy atom. The summed E-state index contributed by atoms with van der Waals surface area (Å²) in [5, 5.41) is 3.13. The minimum atomic E-state index is -2.78. The normalized spacial score (nSPS) is 36.3. The summed E-state index contributed by atoms with van der Waals surface area (Å²) in [6, 6.07) is 0.366. The van der Waals surface area contributed by atoms with Crippen LogP contribution < -0.4 is 5.32 Å². The fraction of sp³-hybridized carbons (Fsp3) is 1.00. The van der Waals surface area contributed by atoms with Crippen LogP contribution in [0.4, 0.5) is 0 Å². The monoisotopic (exact) mass is 219 g/mol. The smallest absolute Gasteiger partial charge is 0.154 e. The molecule has 2 saturated heterocycles. The molecule has 0 spiro atoms. The Bertz CT molecular complexity index is 282. The fourth-order valence-electron chi connectivity index (χ4n) is 2.08. The third-order valence-electron chi connectivity index (χ3n) is 3.03. The fourth-order valence-corrected chi connectivity index (χ4v) is 3.86. The molecule has 2 unspecified atom stereocenters. The van der Waals surface area contributed by atoms with E-state index >= 15 is 0 Å². The second-order valence-electron chi connectivity index (χ2n) is 4.10. The van der Waals surface area contributed by atoms with Crippen LogP contribution in [0.1, 0.15) is 19.3 Å². The van der Waals surface area contributed by atoms with Gasteiger partial charge < -0.3 is 10.1 Å². The highest BCUT2D eigenvalue weighted by atomic mass is 32.2. The second-order valence-corrected chi connectivity index (χ2v) is 6.50. The van der Waals surface area contributed by atoms with Gasteiger partial charge in [-0.1, -0.05) is 0 Å². The van der Waals surface area contributed by atoms with Crippen LogP contribution in [0.3, 0.4) is 0 Å². The molecule has 0 radical (unpaired) electrons. The lowest BCUT2D eigenvalue weighted by atomic mass is 10.2. The molecule has 0 aromatic rings. The van der Waals surface area contributed by atoms with Gasteiger partial charge in [0.05, 0.1) is 17.6 Å². The summed E-state index contributed by atoms with van der Waals surface area (Å²) in [4.78, 5) is 0. The molecule has 2 fully saturated rings. The SMILES string of the molecule is O=S1(=O)CCCC1CNC1CCOC1. The molecule has 14 heavy (non-hydrogen) atoms. The first kappa shape index (κ1) is 10.4. The summed E-state index contributed by atoms with van der Waals surface area (Å²) in [7, 11) is -2.78. The van der Waals surface area contributed by atoms with E-state index in [4.69, 9.17) is 4.74 Å². The zero-order valence-electron chi connectivity index (χ0n) is 8.24. The Balaban J connectivity index is 1.80. The van der Waals surface area contributed by atoms with Crippen LogP contribution in [0.5, 0.6) is 0 Å². The molecule has 0 saturated carbocycles. The first-order chi connectivity index (χ1) is 6.68.